The maximum atomic E-state index is 10.7. The summed E-state index contributed by atoms with van der Waals surface area (Å²) in [4.78, 5) is 0. The monoisotopic (exact) mass is 214 g/mol. The molecule has 1 N–H and O–H groups in total. The van der Waals surface area contributed by atoms with Gasteiger partial charge in [-0.15, -0.1) is 0 Å². The molecule has 14 heavy (non-hydrogen) atoms. The van der Waals surface area contributed by atoms with E-state index in [1.54, 1.807) is 12.1 Å². The van der Waals surface area contributed by atoms with Crippen molar-refractivity contribution in [2.24, 2.45) is 0 Å². The lowest BCUT2D eigenvalue weighted by atomic mass is 10.0. The Morgan fingerprint density at radius 3 is 2.36 bits per heavy atom. The first-order valence-electron chi connectivity index (χ1n) is 4.17. The molecule has 0 radical (unpaired) electrons. The summed E-state index contributed by atoms with van der Waals surface area (Å²) in [5, 5.41) is 0. The van der Waals surface area contributed by atoms with Crippen LogP contribution in [-0.2, 0) is 20.5 Å². The summed E-state index contributed by atoms with van der Waals surface area (Å²) in [7, 11) is -3.99. The Kier molecular flexibility index (Phi) is 2.10. The first-order valence-corrected chi connectivity index (χ1v) is 5.77. The quantitative estimate of drug-likeness (QED) is 0.597. The number of hydrogen-bond acceptors (Lipinski definition) is 3. The van der Waals surface area contributed by atoms with Crippen molar-refractivity contribution in [2.75, 3.05) is 12.4 Å². The van der Waals surface area contributed by atoms with Crippen LogP contribution in [0.25, 0.3) is 0 Å². The highest BCUT2D eigenvalue weighted by atomic mass is 32.2. The molecule has 1 aromatic rings. The molecule has 0 aromatic heterocycles. The Balaban J connectivity index is 2.27. The third kappa shape index (κ3) is 1.95. The van der Waals surface area contributed by atoms with E-state index in [0.717, 1.165) is 5.56 Å². The fraction of sp³-hybridized carbons (Fsp3) is 0.333. The van der Waals surface area contributed by atoms with Crippen molar-refractivity contribution in [1.29, 1.82) is 0 Å². The van der Waals surface area contributed by atoms with E-state index in [9.17, 15) is 8.42 Å². The first-order chi connectivity index (χ1) is 6.52. The van der Waals surface area contributed by atoms with E-state index >= 15 is 0 Å². The van der Waals surface area contributed by atoms with Gasteiger partial charge in [-0.25, -0.2) is 0 Å². The minimum Gasteiger partial charge on any atom is -0.363 e. The highest BCUT2D eigenvalue weighted by molar-refractivity contribution is 7.85. The molecule has 5 heteroatoms. The number of ether oxygens (including phenoxy) is 1. The first kappa shape index (κ1) is 9.64. The minimum atomic E-state index is -3.99. The van der Waals surface area contributed by atoms with Crippen LogP contribution in [0.4, 0.5) is 0 Å². The molecule has 76 valence electrons. The van der Waals surface area contributed by atoms with Crippen LogP contribution in [-0.4, -0.2) is 25.3 Å². The molecular weight excluding hydrogens is 204 g/mol. The van der Waals surface area contributed by atoms with Gasteiger partial charge in [0, 0.05) is 0 Å². The topological polar surface area (TPSA) is 66.9 Å². The van der Waals surface area contributed by atoms with Gasteiger partial charge >= 0.3 is 0 Å². The Morgan fingerprint density at radius 2 is 1.93 bits per heavy atom. The average Bonchev–Trinajstić information content (AvgIpc) is 2.85. The van der Waals surface area contributed by atoms with Crippen LogP contribution in [0.15, 0.2) is 30.3 Å². The van der Waals surface area contributed by atoms with Crippen molar-refractivity contribution in [3.8, 4) is 0 Å². The summed E-state index contributed by atoms with van der Waals surface area (Å²) in [6, 6.07) is 9.04. The van der Waals surface area contributed by atoms with E-state index in [0.29, 0.717) is 6.61 Å². The molecule has 0 unspecified atom stereocenters. The molecule has 1 aliphatic rings. The fourth-order valence-corrected chi connectivity index (χ4v) is 2.38. The number of hydrogen-bond donors (Lipinski definition) is 1. The van der Waals surface area contributed by atoms with E-state index in [2.05, 4.69) is 0 Å². The molecule has 0 spiro atoms. The van der Waals surface area contributed by atoms with Gasteiger partial charge in [0.1, 0.15) is 11.4 Å². The normalized spacial score (nSPS) is 26.1. The van der Waals surface area contributed by atoms with Gasteiger partial charge in [-0.05, 0) is 5.56 Å². The second kappa shape index (κ2) is 3.05. The van der Waals surface area contributed by atoms with E-state index in [1.165, 1.54) is 0 Å². The number of benzene rings is 1. The summed E-state index contributed by atoms with van der Waals surface area (Å²) in [5.74, 6) is -0.371. The predicted molar refractivity (Wildman–Crippen MR) is 50.5 cm³/mol. The molecule has 1 fully saturated rings. The Labute approximate surface area is 82.3 Å². The third-order valence-corrected chi connectivity index (χ3v) is 3.04. The Morgan fingerprint density at radius 1 is 1.36 bits per heavy atom. The Hall–Kier alpha value is -0.910. The van der Waals surface area contributed by atoms with Crippen molar-refractivity contribution in [3.05, 3.63) is 35.9 Å². The third-order valence-electron chi connectivity index (χ3n) is 2.21. The zero-order valence-corrected chi connectivity index (χ0v) is 8.20. The van der Waals surface area contributed by atoms with Crippen molar-refractivity contribution in [1.82, 2.24) is 0 Å². The van der Waals surface area contributed by atoms with Gasteiger partial charge in [0.05, 0.1) is 6.61 Å². The molecule has 1 heterocycles. The summed E-state index contributed by atoms with van der Waals surface area (Å²) in [6.07, 6.45) is 0. The molecule has 0 aliphatic carbocycles. The van der Waals surface area contributed by atoms with Gasteiger partial charge < -0.3 is 4.74 Å². The van der Waals surface area contributed by atoms with Crippen LogP contribution >= 0.6 is 0 Å². The molecular formula is C9H10O4S. The Bertz CT molecular complexity index is 419. The molecule has 4 nitrogen and oxygen atoms in total. The van der Waals surface area contributed by atoms with Gasteiger partial charge in [0.25, 0.3) is 10.1 Å². The van der Waals surface area contributed by atoms with Gasteiger partial charge in [-0.3, -0.25) is 4.55 Å². The van der Waals surface area contributed by atoms with E-state index < -0.39 is 15.7 Å². The highest BCUT2D eigenvalue weighted by Crippen LogP contribution is 2.39. The zero-order valence-electron chi connectivity index (χ0n) is 7.38. The molecule has 0 saturated carbocycles. The molecule has 0 bridgehead atoms. The summed E-state index contributed by atoms with van der Waals surface area (Å²) >= 11 is 0. The largest absolute Gasteiger partial charge is 0.363 e. The second-order valence-electron chi connectivity index (χ2n) is 3.38. The number of epoxide rings is 1. The summed E-state index contributed by atoms with van der Waals surface area (Å²) in [6.45, 7) is 0.344. The minimum absolute atomic E-state index is 0.344. The molecule has 1 aromatic carbocycles. The van der Waals surface area contributed by atoms with Crippen LogP contribution in [0.5, 0.6) is 0 Å². The van der Waals surface area contributed by atoms with E-state index in [1.807, 2.05) is 18.2 Å². The van der Waals surface area contributed by atoms with E-state index in [4.69, 9.17) is 9.29 Å². The van der Waals surface area contributed by atoms with Gasteiger partial charge in [-0.1, -0.05) is 30.3 Å². The van der Waals surface area contributed by atoms with Crippen molar-refractivity contribution in [2.45, 2.75) is 5.60 Å². The van der Waals surface area contributed by atoms with Gasteiger partial charge in [0.15, 0.2) is 0 Å². The van der Waals surface area contributed by atoms with Crippen molar-refractivity contribution < 1.29 is 17.7 Å². The molecule has 2 rings (SSSR count). The van der Waals surface area contributed by atoms with Gasteiger partial charge in [0.2, 0.25) is 0 Å². The zero-order chi connectivity index (χ0) is 10.2. The standard InChI is InChI=1S/C9H10O4S/c10-14(11,12)7-9(6-13-9)8-4-2-1-3-5-8/h1-5H,6-7H2,(H,10,11,12)/t9-/m0/s1. The van der Waals surface area contributed by atoms with Crippen LogP contribution in [0.2, 0.25) is 0 Å². The predicted octanol–water partition coefficient (Wildman–Crippen LogP) is 0.800. The van der Waals surface area contributed by atoms with Crippen molar-refractivity contribution in [3.63, 3.8) is 0 Å². The second-order valence-corrected chi connectivity index (χ2v) is 4.83. The van der Waals surface area contributed by atoms with Gasteiger partial charge in [-0.2, -0.15) is 8.42 Å². The lowest BCUT2D eigenvalue weighted by Gasteiger charge is -2.09. The maximum Gasteiger partial charge on any atom is 0.268 e. The lowest BCUT2D eigenvalue weighted by molar-refractivity contribution is 0.325. The molecule has 1 atom stereocenters. The van der Waals surface area contributed by atoms with Crippen molar-refractivity contribution >= 4 is 10.1 Å². The number of rotatable bonds is 3. The fourth-order valence-electron chi connectivity index (χ4n) is 1.46. The highest BCUT2D eigenvalue weighted by Gasteiger charge is 2.49. The van der Waals surface area contributed by atoms with Crippen LogP contribution in [0.3, 0.4) is 0 Å². The average molecular weight is 214 g/mol. The molecule has 1 aliphatic heterocycles. The van der Waals surface area contributed by atoms with Crippen LogP contribution < -0.4 is 0 Å². The SMILES string of the molecule is O=S(=O)(O)C[C@]1(c2ccccc2)CO1. The molecule has 0 amide bonds. The maximum absolute atomic E-state index is 10.7. The molecule has 1 saturated heterocycles. The van der Waals surface area contributed by atoms with Crippen LogP contribution in [0, 0.1) is 0 Å². The van der Waals surface area contributed by atoms with Crippen LogP contribution in [0.1, 0.15) is 5.56 Å². The van der Waals surface area contributed by atoms with E-state index in [-0.39, 0.29) is 5.75 Å². The lowest BCUT2D eigenvalue weighted by Crippen LogP contribution is -2.21. The smallest absolute Gasteiger partial charge is 0.268 e. The summed E-state index contributed by atoms with van der Waals surface area (Å²) in [5.41, 5.74) is -0.0212. The summed E-state index contributed by atoms with van der Waals surface area (Å²) < 4.78 is 35.3.